The van der Waals surface area contributed by atoms with Crippen molar-refractivity contribution in [3.63, 3.8) is 0 Å². The summed E-state index contributed by atoms with van der Waals surface area (Å²) in [6.45, 7) is 7.73. The van der Waals surface area contributed by atoms with Crippen molar-refractivity contribution in [1.29, 1.82) is 0 Å². The molecule has 2 aliphatic rings. The van der Waals surface area contributed by atoms with Gasteiger partial charge in [0, 0.05) is 51.7 Å². The molecule has 8 nitrogen and oxygen atoms in total. The average molecular weight is 581 g/mol. The molecule has 0 amide bonds. The smallest absolute Gasteiger partial charge is 0.383 e. The number of alkyl halides is 3. The van der Waals surface area contributed by atoms with Gasteiger partial charge in [0.05, 0.1) is 24.2 Å². The van der Waals surface area contributed by atoms with Crippen molar-refractivity contribution in [1.82, 2.24) is 19.9 Å². The Labute approximate surface area is 235 Å². The van der Waals surface area contributed by atoms with Gasteiger partial charge in [0.15, 0.2) is 0 Å². The van der Waals surface area contributed by atoms with Crippen LogP contribution in [0.25, 0.3) is 11.0 Å². The Morgan fingerprint density at radius 2 is 1.98 bits per heavy atom. The van der Waals surface area contributed by atoms with Crippen molar-refractivity contribution < 1.29 is 22.6 Å². The highest BCUT2D eigenvalue weighted by atomic mass is 31.1. The normalized spacial score (nSPS) is 19.3. The summed E-state index contributed by atoms with van der Waals surface area (Å²) < 4.78 is 51.0. The lowest BCUT2D eigenvalue weighted by atomic mass is 10.2. The Kier molecular flexibility index (Phi) is 11.0. The zero-order chi connectivity index (χ0) is 28.5. The number of methoxy groups -OCH3 is 2. The van der Waals surface area contributed by atoms with Crippen LogP contribution in [0.15, 0.2) is 42.0 Å². The minimum Gasteiger partial charge on any atom is -0.383 e. The Balaban J connectivity index is 1.37. The molecule has 0 bridgehead atoms. The first-order valence-corrected chi connectivity index (χ1v) is 15.5. The Morgan fingerprint density at radius 3 is 2.70 bits per heavy atom. The van der Waals surface area contributed by atoms with Crippen LogP contribution in [0, 0.1) is 0 Å². The van der Waals surface area contributed by atoms with Crippen LogP contribution in [-0.2, 0) is 15.7 Å². The van der Waals surface area contributed by atoms with Gasteiger partial charge in [-0.05, 0) is 49.9 Å². The first-order valence-electron chi connectivity index (χ1n) is 13.8. The van der Waals surface area contributed by atoms with E-state index in [9.17, 15) is 13.2 Å². The average Bonchev–Trinajstić information content (AvgIpc) is 3.70. The minimum absolute atomic E-state index is 0.0837. The second kappa shape index (κ2) is 14.4. The molecule has 2 aromatic heterocycles. The predicted octanol–water partition coefficient (Wildman–Crippen LogP) is 6.18. The molecule has 4 rings (SSSR count). The molecule has 1 saturated heterocycles. The number of anilines is 2. The van der Waals surface area contributed by atoms with Crippen LogP contribution in [0.3, 0.4) is 0 Å². The number of nitrogens with zero attached hydrogens (tertiary/aromatic N) is 3. The number of allylic oxidation sites excluding steroid dienone is 3. The Hall–Kier alpha value is -2.46. The fourth-order valence-corrected chi connectivity index (χ4v) is 7.42. The zero-order valence-corrected chi connectivity index (χ0v) is 24.2. The van der Waals surface area contributed by atoms with E-state index in [4.69, 9.17) is 9.47 Å². The van der Waals surface area contributed by atoms with Crippen molar-refractivity contribution in [2.24, 2.45) is 0 Å². The first kappa shape index (κ1) is 30.5. The molecule has 12 heteroatoms. The molecule has 0 spiro atoms. The topological polar surface area (TPSA) is 87.3 Å². The summed E-state index contributed by atoms with van der Waals surface area (Å²) in [5.41, 5.74) is -0.0840. The van der Waals surface area contributed by atoms with Gasteiger partial charge < -0.3 is 30.0 Å². The molecule has 2 aromatic rings. The van der Waals surface area contributed by atoms with Gasteiger partial charge in [-0.1, -0.05) is 32.7 Å². The van der Waals surface area contributed by atoms with Crippen LogP contribution in [0.1, 0.15) is 37.7 Å². The van der Waals surface area contributed by atoms with Crippen LogP contribution in [0.4, 0.5) is 24.9 Å². The number of halogens is 3. The number of hydrogen-bond donors (Lipinski definition) is 3. The van der Waals surface area contributed by atoms with E-state index in [1.54, 1.807) is 7.11 Å². The zero-order valence-electron chi connectivity index (χ0n) is 23.3. The van der Waals surface area contributed by atoms with Crippen LogP contribution >= 0.6 is 7.92 Å². The van der Waals surface area contributed by atoms with Crippen molar-refractivity contribution in [3.8, 4) is 0 Å². The molecule has 1 atom stereocenters. The number of H-pyrrole nitrogens is 1. The third kappa shape index (κ3) is 8.52. The van der Waals surface area contributed by atoms with E-state index < -0.39 is 11.7 Å². The highest BCUT2D eigenvalue weighted by molar-refractivity contribution is 7.62. The largest absolute Gasteiger partial charge is 0.418 e. The number of nitrogens with one attached hydrogen (secondary N) is 3. The van der Waals surface area contributed by atoms with Gasteiger partial charge in [-0.3, -0.25) is 0 Å². The molecule has 2 fully saturated rings. The third-order valence-corrected chi connectivity index (χ3v) is 9.84. The molecule has 0 aromatic carbocycles. The summed E-state index contributed by atoms with van der Waals surface area (Å²) in [6.07, 6.45) is 10.8. The lowest BCUT2D eigenvalue weighted by Gasteiger charge is -2.21. The van der Waals surface area contributed by atoms with Gasteiger partial charge in [-0.25, -0.2) is 0 Å². The van der Waals surface area contributed by atoms with E-state index in [1.165, 1.54) is 57.1 Å². The van der Waals surface area contributed by atoms with E-state index in [2.05, 4.69) is 55.3 Å². The van der Waals surface area contributed by atoms with Crippen LogP contribution in [-0.4, -0.2) is 85.3 Å². The van der Waals surface area contributed by atoms with Crippen molar-refractivity contribution in [2.75, 3.05) is 70.0 Å². The molecule has 3 heterocycles. The van der Waals surface area contributed by atoms with Crippen molar-refractivity contribution >= 4 is 30.7 Å². The maximum atomic E-state index is 13.5. The highest BCUT2D eigenvalue weighted by Crippen LogP contribution is 2.49. The lowest BCUT2D eigenvalue weighted by Crippen LogP contribution is -2.28. The molecular weight excluding hydrogens is 540 g/mol. The minimum atomic E-state index is -4.53. The summed E-state index contributed by atoms with van der Waals surface area (Å²) in [4.78, 5) is 13.9. The Morgan fingerprint density at radius 1 is 1.18 bits per heavy atom. The summed E-state index contributed by atoms with van der Waals surface area (Å²) in [7, 11) is 3.08. The third-order valence-electron chi connectivity index (χ3n) is 7.07. The molecule has 220 valence electrons. The van der Waals surface area contributed by atoms with E-state index in [1.807, 2.05) is 0 Å². The molecule has 1 aliphatic heterocycles. The second-order valence-corrected chi connectivity index (χ2v) is 12.7. The SMILES string of the molecule is C=C(C/C=C\C/C(=C\COC)P1CCCN(C2CC2)CC1)Nc1nc(NCCOC)c2c(C(F)(F)F)c[nH]c2n1. The number of aromatic nitrogens is 3. The second-order valence-electron chi connectivity index (χ2n) is 10.1. The van der Waals surface area contributed by atoms with Crippen LogP contribution in [0.2, 0.25) is 0 Å². The van der Waals surface area contributed by atoms with Crippen LogP contribution < -0.4 is 10.6 Å². The summed E-state index contributed by atoms with van der Waals surface area (Å²) >= 11 is 0. The van der Waals surface area contributed by atoms with Crippen molar-refractivity contribution in [3.05, 3.63) is 47.6 Å². The highest BCUT2D eigenvalue weighted by Gasteiger charge is 2.35. The first-order chi connectivity index (χ1) is 19.3. The molecule has 40 heavy (non-hydrogen) atoms. The molecule has 1 aliphatic carbocycles. The number of fused-ring (bicyclic) bond motifs is 1. The quantitative estimate of drug-likeness (QED) is 0.140. The van der Waals surface area contributed by atoms with E-state index >= 15 is 0 Å². The molecule has 3 N–H and O–H groups in total. The monoisotopic (exact) mass is 580 g/mol. The predicted molar refractivity (Wildman–Crippen MR) is 156 cm³/mol. The van der Waals surface area contributed by atoms with Crippen LogP contribution in [0.5, 0.6) is 0 Å². The fourth-order valence-electron chi connectivity index (χ4n) is 4.90. The summed E-state index contributed by atoms with van der Waals surface area (Å²) in [5.74, 6) is 0.254. The molecule has 0 radical (unpaired) electrons. The van der Waals surface area contributed by atoms with Gasteiger partial charge in [-0.15, -0.1) is 0 Å². The number of rotatable bonds is 14. The van der Waals surface area contributed by atoms with Gasteiger partial charge in [0.2, 0.25) is 5.95 Å². The van der Waals surface area contributed by atoms with Crippen molar-refractivity contribution in [2.45, 2.75) is 44.3 Å². The summed E-state index contributed by atoms with van der Waals surface area (Å²) in [5, 5.41) is 7.37. The van der Waals surface area contributed by atoms with E-state index in [0.717, 1.165) is 18.7 Å². The molecule has 1 saturated carbocycles. The molecular formula is C28H40F3N6O2P. The van der Waals surface area contributed by atoms with Gasteiger partial charge in [0.1, 0.15) is 11.5 Å². The molecule has 1 unspecified atom stereocenters. The lowest BCUT2D eigenvalue weighted by molar-refractivity contribution is -0.136. The standard InChI is InChI=1S/C28H40F3N6O2P/c1-20(7-4-5-8-22(11-15-38-2)40-17-6-13-37(14-18-40)21-9-10-21)34-27-35-25(32-12-16-39-3)24-23(28(29,30)31)19-33-26(24)36-27/h4-5,11,19,21H,1,6-10,12-18H2,2-3H3,(H3,32,33,34,35,36)/b5-4-,22-11+. The van der Waals surface area contributed by atoms with E-state index in [0.29, 0.717) is 31.9 Å². The Bertz CT molecular complexity index is 1190. The fraction of sp³-hybridized carbons (Fsp3) is 0.571. The van der Waals surface area contributed by atoms with Gasteiger partial charge in [-0.2, -0.15) is 23.1 Å². The van der Waals surface area contributed by atoms with Gasteiger partial charge in [0.25, 0.3) is 0 Å². The number of ether oxygens (including phenoxy) is 2. The number of hydrogen-bond acceptors (Lipinski definition) is 7. The summed E-state index contributed by atoms with van der Waals surface area (Å²) in [6, 6.07) is 0.824. The van der Waals surface area contributed by atoms with E-state index in [-0.39, 0.29) is 30.7 Å². The maximum absolute atomic E-state index is 13.5. The number of aromatic amines is 1. The van der Waals surface area contributed by atoms with Gasteiger partial charge >= 0.3 is 6.18 Å². The maximum Gasteiger partial charge on any atom is 0.418 e.